The summed E-state index contributed by atoms with van der Waals surface area (Å²) in [6.07, 6.45) is 4.72. The molecule has 0 unspecified atom stereocenters. The number of amides is 1. The molecule has 1 aromatic carbocycles. The van der Waals surface area contributed by atoms with Gasteiger partial charge in [-0.15, -0.1) is 0 Å². The minimum Gasteiger partial charge on any atom is -0.484 e. The minimum absolute atomic E-state index is 0.0855. The van der Waals surface area contributed by atoms with Gasteiger partial charge in [0.05, 0.1) is 0 Å². The van der Waals surface area contributed by atoms with E-state index in [0.29, 0.717) is 12.6 Å². The lowest BCUT2D eigenvalue weighted by atomic mass is 10.2. The molecule has 0 heterocycles. The van der Waals surface area contributed by atoms with Gasteiger partial charge in [0.25, 0.3) is 5.91 Å². The van der Waals surface area contributed by atoms with E-state index >= 15 is 0 Å². The van der Waals surface area contributed by atoms with E-state index in [0.717, 1.165) is 30.7 Å². The Balaban J connectivity index is 1.86. The van der Waals surface area contributed by atoms with Crippen LogP contribution in [-0.2, 0) is 11.3 Å². The predicted octanol–water partition coefficient (Wildman–Crippen LogP) is 2.32. The highest BCUT2D eigenvalue weighted by molar-refractivity contribution is 5.78. The lowest BCUT2D eigenvalue weighted by Gasteiger charge is -2.27. The summed E-state index contributed by atoms with van der Waals surface area (Å²) >= 11 is 0. The molecule has 0 aliphatic heterocycles. The van der Waals surface area contributed by atoms with Crippen LogP contribution in [0.5, 0.6) is 5.75 Å². The number of nitrogens with two attached hydrogens (primary N) is 1. The minimum atomic E-state index is 0.0855. The van der Waals surface area contributed by atoms with Crippen molar-refractivity contribution in [2.45, 2.75) is 45.2 Å². The van der Waals surface area contributed by atoms with Crippen LogP contribution >= 0.6 is 0 Å². The average Bonchev–Trinajstić information content (AvgIpc) is 3.00. The molecule has 1 fully saturated rings. The molecule has 0 radical (unpaired) electrons. The molecule has 1 aromatic rings. The summed E-state index contributed by atoms with van der Waals surface area (Å²) in [5.74, 6) is 0.806. The molecule has 20 heavy (non-hydrogen) atoms. The highest BCUT2D eigenvalue weighted by Crippen LogP contribution is 2.23. The van der Waals surface area contributed by atoms with Crippen molar-refractivity contribution in [2.75, 3.05) is 13.2 Å². The van der Waals surface area contributed by atoms with Crippen molar-refractivity contribution in [1.82, 2.24) is 4.90 Å². The topological polar surface area (TPSA) is 55.6 Å². The Hall–Kier alpha value is -1.55. The second-order valence-electron chi connectivity index (χ2n) is 5.25. The van der Waals surface area contributed by atoms with Crippen LogP contribution in [0.2, 0.25) is 0 Å². The monoisotopic (exact) mass is 276 g/mol. The lowest BCUT2D eigenvalue weighted by molar-refractivity contribution is -0.135. The first-order valence-electron chi connectivity index (χ1n) is 7.46. The zero-order valence-corrected chi connectivity index (χ0v) is 12.2. The SMILES string of the molecule is CCN(C(=O)COc1ccc(CN)cc1)C1CCCC1. The van der Waals surface area contributed by atoms with Crippen molar-refractivity contribution in [1.29, 1.82) is 0 Å². The van der Waals surface area contributed by atoms with E-state index in [9.17, 15) is 4.79 Å². The largest absolute Gasteiger partial charge is 0.484 e. The van der Waals surface area contributed by atoms with Crippen LogP contribution in [0.25, 0.3) is 0 Å². The van der Waals surface area contributed by atoms with Crippen LogP contribution in [0.4, 0.5) is 0 Å². The van der Waals surface area contributed by atoms with E-state index in [1.807, 2.05) is 36.1 Å². The Morgan fingerprint density at radius 2 is 1.95 bits per heavy atom. The van der Waals surface area contributed by atoms with Gasteiger partial charge in [-0.05, 0) is 37.5 Å². The molecule has 0 aromatic heterocycles. The fraction of sp³-hybridized carbons (Fsp3) is 0.562. The first-order chi connectivity index (χ1) is 9.74. The highest BCUT2D eigenvalue weighted by atomic mass is 16.5. The molecule has 1 aliphatic carbocycles. The number of ether oxygens (including phenoxy) is 1. The zero-order chi connectivity index (χ0) is 14.4. The van der Waals surface area contributed by atoms with Crippen LogP contribution < -0.4 is 10.5 Å². The molecule has 2 N–H and O–H groups in total. The molecule has 4 heteroatoms. The second-order valence-corrected chi connectivity index (χ2v) is 5.25. The standard InChI is InChI=1S/C16H24N2O2/c1-2-18(14-5-3-4-6-14)16(19)12-20-15-9-7-13(11-17)8-10-15/h7-10,14H,2-6,11-12,17H2,1H3. The maximum Gasteiger partial charge on any atom is 0.260 e. The summed E-state index contributed by atoms with van der Waals surface area (Å²) < 4.78 is 5.58. The van der Waals surface area contributed by atoms with E-state index < -0.39 is 0 Å². The summed E-state index contributed by atoms with van der Waals surface area (Å²) in [6, 6.07) is 7.99. The second kappa shape index (κ2) is 7.29. The lowest BCUT2D eigenvalue weighted by Crippen LogP contribution is -2.41. The van der Waals surface area contributed by atoms with Gasteiger partial charge in [-0.3, -0.25) is 4.79 Å². The van der Waals surface area contributed by atoms with Crippen molar-refractivity contribution in [3.8, 4) is 5.75 Å². The van der Waals surface area contributed by atoms with E-state index in [-0.39, 0.29) is 12.5 Å². The number of hydrogen-bond acceptors (Lipinski definition) is 3. The average molecular weight is 276 g/mol. The van der Waals surface area contributed by atoms with E-state index in [2.05, 4.69) is 0 Å². The van der Waals surface area contributed by atoms with Crippen molar-refractivity contribution in [2.24, 2.45) is 5.73 Å². The summed E-state index contributed by atoms with van der Waals surface area (Å²) in [7, 11) is 0. The number of hydrogen-bond donors (Lipinski definition) is 1. The summed E-state index contributed by atoms with van der Waals surface area (Å²) in [4.78, 5) is 14.2. The molecule has 1 saturated carbocycles. The number of carbonyl (C=O) groups excluding carboxylic acids is 1. The first kappa shape index (κ1) is 14.9. The van der Waals surface area contributed by atoms with Crippen molar-refractivity contribution >= 4 is 5.91 Å². The van der Waals surface area contributed by atoms with Gasteiger partial charge in [-0.25, -0.2) is 0 Å². The third-order valence-corrected chi connectivity index (χ3v) is 3.95. The first-order valence-corrected chi connectivity index (χ1v) is 7.46. The number of carbonyl (C=O) groups is 1. The zero-order valence-electron chi connectivity index (χ0n) is 12.2. The van der Waals surface area contributed by atoms with Crippen LogP contribution in [0, 0.1) is 0 Å². The Labute approximate surface area is 120 Å². The van der Waals surface area contributed by atoms with Crippen LogP contribution in [-0.4, -0.2) is 30.0 Å². The maximum atomic E-state index is 12.2. The van der Waals surface area contributed by atoms with Gasteiger partial charge in [0, 0.05) is 19.1 Å². The fourth-order valence-corrected chi connectivity index (χ4v) is 2.80. The smallest absolute Gasteiger partial charge is 0.260 e. The molecular formula is C16H24N2O2. The highest BCUT2D eigenvalue weighted by Gasteiger charge is 2.25. The molecule has 4 nitrogen and oxygen atoms in total. The number of rotatable bonds is 6. The summed E-state index contributed by atoms with van der Waals surface area (Å²) in [5, 5.41) is 0. The van der Waals surface area contributed by atoms with Gasteiger partial charge in [0.2, 0.25) is 0 Å². The third-order valence-electron chi connectivity index (χ3n) is 3.95. The third kappa shape index (κ3) is 3.73. The molecule has 0 bridgehead atoms. The van der Waals surface area contributed by atoms with Gasteiger partial charge in [0.15, 0.2) is 6.61 Å². The molecule has 1 aliphatic rings. The summed E-state index contributed by atoms with van der Waals surface area (Å²) in [5.41, 5.74) is 6.61. The van der Waals surface area contributed by atoms with Gasteiger partial charge in [0.1, 0.15) is 5.75 Å². The molecule has 1 amide bonds. The van der Waals surface area contributed by atoms with Crippen molar-refractivity contribution < 1.29 is 9.53 Å². The van der Waals surface area contributed by atoms with E-state index in [4.69, 9.17) is 10.5 Å². The Morgan fingerprint density at radius 1 is 1.30 bits per heavy atom. The van der Waals surface area contributed by atoms with Gasteiger partial charge < -0.3 is 15.4 Å². The van der Waals surface area contributed by atoms with Crippen molar-refractivity contribution in [3.05, 3.63) is 29.8 Å². The normalized spacial score (nSPS) is 15.3. The predicted molar refractivity (Wildman–Crippen MR) is 79.5 cm³/mol. The molecule has 0 atom stereocenters. The van der Waals surface area contributed by atoms with E-state index in [1.165, 1.54) is 12.8 Å². The van der Waals surface area contributed by atoms with Gasteiger partial charge >= 0.3 is 0 Å². The summed E-state index contributed by atoms with van der Waals surface area (Å²) in [6.45, 7) is 3.43. The van der Waals surface area contributed by atoms with Crippen LogP contribution in [0.1, 0.15) is 38.2 Å². The molecular weight excluding hydrogens is 252 g/mol. The molecule has 0 spiro atoms. The van der Waals surface area contributed by atoms with Gasteiger partial charge in [-0.2, -0.15) is 0 Å². The van der Waals surface area contributed by atoms with Crippen LogP contribution in [0.15, 0.2) is 24.3 Å². The Bertz CT molecular complexity index is 425. The maximum absolute atomic E-state index is 12.2. The molecule has 2 rings (SSSR count). The Kier molecular flexibility index (Phi) is 5.41. The number of likely N-dealkylation sites (N-methyl/N-ethyl adjacent to an activating group) is 1. The van der Waals surface area contributed by atoms with Crippen molar-refractivity contribution in [3.63, 3.8) is 0 Å². The molecule has 0 saturated heterocycles. The fourth-order valence-electron chi connectivity index (χ4n) is 2.80. The quantitative estimate of drug-likeness (QED) is 0.867. The van der Waals surface area contributed by atoms with Crippen LogP contribution in [0.3, 0.4) is 0 Å². The molecule has 110 valence electrons. The Morgan fingerprint density at radius 3 is 2.50 bits per heavy atom. The van der Waals surface area contributed by atoms with E-state index in [1.54, 1.807) is 0 Å². The number of nitrogens with zero attached hydrogens (tertiary/aromatic N) is 1. The number of benzene rings is 1. The van der Waals surface area contributed by atoms with Gasteiger partial charge in [-0.1, -0.05) is 25.0 Å².